The minimum absolute atomic E-state index is 0.0192. The lowest BCUT2D eigenvalue weighted by molar-refractivity contribution is 0.0945. The average Bonchev–Trinajstić information content (AvgIpc) is 3.21. The highest BCUT2D eigenvalue weighted by Gasteiger charge is 2.21. The van der Waals surface area contributed by atoms with Gasteiger partial charge in [0, 0.05) is 62.4 Å². The number of aromatic nitrogens is 3. The zero-order valence-corrected chi connectivity index (χ0v) is 17.0. The van der Waals surface area contributed by atoms with Crippen LogP contribution in [-0.4, -0.2) is 65.1 Å². The molecule has 0 aliphatic carbocycles. The number of likely N-dealkylation sites (N-methyl/N-ethyl adjacent to an activating group) is 1. The normalized spacial score (nSPS) is 16.8. The van der Waals surface area contributed by atoms with E-state index in [1.165, 1.54) is 5.69 Å². The Labute approximate surface area is 175 Å². The zero-order valence-electron chi connectivity index (χ0n) is 17.0. The first-order valence-electron chi connectivity index (χ1n) is 10.3. The lowest BCUT2D eigenvalue weighted by Crippen LogP contribution is -2.44. The van der Waals surface area contributed by atoms with Gasteiger partial charge in [-0.2, -0.15) is 0 Å². The number of hydrogen-bond acceptors (Lipinski definition) is 6. The summed E-state index contributed by atoms with van der Waals surface area (Å²) in [6.07, 6.45) is 6.26. The number of fused-ring (bicyclic) bond motifs is 1. The summed E-state index contributed by atoms with van der Waals surface area (Å²) in [5, 5.41) is 6.13. The van der Waals surface area contributed by atoms with Crippen LogP contribution in [0.15, 0.2) is 48.9 Å². The van der Waals surface area contributed by atoms with Crippen LogP contribution in [0.2, 0.25) is 0 Å². The van der Waals surface area contributed by atoms with Gasteiger partial charge in [-0.25, -0.2) is 9.97 Å². The van der Waals surface area contributed by atoms with E-state index in [4.69, 9.17) is 0 Å². The van der Waals surface area contributed by atoms with Crippen molar-refractivity contribution in [2.45, 2.75) is 6.42 Å². The van der Waals surface area contributed by atoms with Crippen LogP contribution in [-0.2, 0) is 6.42 Å². The van der Waals surface area contributed by atoms with Gasteiger partial charge in [0.1, 0.15) is 0 Å². The molecule has 3 aromatic rings. The Balaban J connectivity index is 1.27. The number of benzene rings is 1. The second-order valence-electron chi connectivity index (χ2n) is 7.78. The Morgan fingerprint density at radius 1 is 0.967 bits per heavy atom. The zero-order chi connectivity index (χ0) is 20.5. The van der Waals surface area contributed by atoms with Crippen molar-refractivity contribution in [1.29, 1.82) is 0 Å². The first kappa shape index (κ1) is 18.6. The molecule has 1 aromatic carbocycles. The van der Waals surface area contributed by atoms with Gasteiger partial charge >= 0.3 is 0 Å². The largest absolute Gasteiger partial charge is 0.369 e. The molecule has 4 heterocycles. The highest BCUT2D eigenvalue weighted by molar-refractivity contribution is 5.96. The summed E-state index contributed by atoms with van der Waals surface area (Å²) in [5.41, 5.74) is 4.77. The Morgan fingerprint density at radius 3 is 2.43 bits per heavy atom. The minimum atomic E-state index is -0.0192. The Bertz CT molecular complexity index is 1030. The molecule has 2 aromatic heterocycles. The van der Waals surface area contributed by atoms with E-state index in [-0.39, 0.29) is 5.91 Å². The fraction of sp³-hybridized carbons (Fsp3) is 0.318. The van der Waals surface area contributed by atoms with Gasteiger partial charge in [-0.05, 0) is 37.4 Å². The smallest absolute Gasteiger partial charge is 0.253 e. The van der Waals surface area contributed by atoms with Crippen LogP contribution in [0.4, 0.5) is 17.3 Å². The predicted molar refractivity (Wildman–Crippen MR) is 117 cm³/mol. The lowest BCUT2D eigenvalue weighted by Gasteiger charge is -2.34. The van der Waals surface area contributed by atoms with Crippen LogP contribution in [0.3, 0.4) is 0 Å². The monoisotopic (exact) mass is 403 g/mol. The molecule has 0 radical (unpaired) electrons. The minimum Gasteiger partial charge on any atom is -0.369 e. The third kappa shape index (κ3) is 3.61. The molecular formula is C22H25N7O. The van der Waals surface area contributed by atoms with Gasteiger partial charge in [-0.3, -0.25) is 4.79 Å². The summed E-state index contributed by atoms with van der Waals surface area (Å²) in [7, 11) is 2.16. The van der Waals surface area contributed by atoms with E-state index in [0.717, 1.165) is 55.2 Å². The molecule has 0 spiro atoms. The van der Waals surface area contributed by atoms with Crippen molar-refractivity contribution in [1.82, 2.24) is 24.8 Å². The molecule has 1 amide bonds. The first-order chi connectivity index (χ1) is 14.7. The topological polar surface area (TPSA) is 78.3 Å². The summed E-state index contributed by atoms with van der Waals surface area (Å²) in [6, 6.07) is 10.2. The molecule has 0 bridgehead atoms. The Morgan fingerprint density at radius 2 is 1.70 bits per heavy atom. The average molecular weight is 403 g/mol. The van der Waals surface area contributed by atoms with Gasteiger partial charge < -0.3 is 25.0 Å². The summed E-state index contributed by atoms with van der Waals surface area (Å²) in [4.78, 5) is 25.6. The van der Waals surface area contributed by atoms with Gasteiger partial charge in [0.15, 0.2) is 0 Å². The van der Waals surface area contributed by atoms with Crippen molar-refractivity contribution < 1.29 is 4.79 Å². The van der Waals surface area contributed by atoms with Gasteiger partial charge in [0.05, 0.1) is 23.6 Å². The standard InChI is InChI=1S/C22H25N7O/c1-27-10-12-28(13-11-27)17-4-2-16(3-5-17)26-22-24-14-18(15-25-22)29-9-7-19-20(29)6-8-23-21(19)30/h2-5,7,9,14-15H,6,8,10-13H2,1H3,(H,23,30)(H,24,25,26). The molecule has 2 aliphatic heterocycles. The molecule has 0 atom stereocenters. The molecule has 8 nitrogen and oxygen atoms in total. The molecule has 8 heteroatoms. The Kier molecular flexibility index (Phi) is 4.84. The molecule has 1 fully saturated rings. The van der Waals surface area contributed by atoms with Gasteiger partial charge in [-0.1, -0.05) is 0 Å². The third-order valence-electron chi connectivity index (χ3n) is 5.79. The van der Waals surface area contributed by atoms with Crippen molar-refractivity contribution in [3.8, 4) is 5.69 Å². The van der Waals surface area contributed by atoms with Crippen molar-refractivity contribution in [3.05, 3.63) is 60.2 Å². The van der Waals surface area contributed by atoms with E-state index in [1.54, 1.807) is 12.4 Å². The number of carbonyl (C=O) groups excluding carboxylic acids is 1. The number of anilines is 3. The second-order valence-corrected chi connectivity index (χ2v) is 7.78. The number of amides is 1. The molecule has 1 saturated heterocycles. The van der Waals surface area contributed by atoms with Crippen LogP contribution in [0.1, 0.15) is 16.1 Å². The van der Waals surface area contributed by atoms with E-state index in [2.05, 4.69) is 61.7 Å². The van der Waals surface area contributed by atoms with Crippen molar-refractivity contribution in [3.63, 3.8) is 0 Å². The molecule has 2 N–H and O–H groups in total. The van der Waals surface area contributed by atoms with Crippen LogP contribution in [0.5, 0.6) is 0 Å². The van der Waals surface area contributed by atoms with Gasteiger partial charge in [-0.15, -0.1) is 0 Å². The molecule has 0 unspecified atom stereocenters. The number of nitrogens with zero attached hydrogens (tertiary/aromatic N) is 5. The maximum Gasteiger partial charge on any atom is 0.253 e. The van der Waals surface area contributed by atoms with Crippen LogP contribution >= 0.6 is 0 Å². The van der Waals surface area contributed by atoms with E-state index in [9.17, 15) is 4.79 Å². The maximum absolute atomic E-state index is 12.0. The van der Waals surface area contributed by atoms with Crippen molar-refractivity contribution in [2.24, 2.45) is 0 Å². The van der Waals surface area contributed by atoms with Gasteiger partial charge in [0.25, 0.3) is 5.91 Å². The molecule has 30 heavy (non-hydrogen) atoms. The molecule has 5 rings (SSSR count). The lowest BCUT2D eigenvalue weighted by atomic mass is 10.1. The van der Waals surface area contributed by atoms with Crippen LogP contribution in [0.25, 0.3) is 5.69 Å². The molecule has 154 valence electrons. The van der Waals surface area contributed by atoms with E-state index >= 15 is 0 Å². The van der Waals surface area contributed by atoms with Crippen molar-refractivity contribution >= 4 is 23.2 Å². The molecule has 0 saturated carbocycles. The van der Waals surface area contributed by atoms with E-state index in [1.807, 2.05) is 16.8 Å². The fourth-order valence-electron chi connectivity index (χ4n) is 4.02. The van der Waals surface area contributed by atoms with Gasteiger partial charge in [0.2, 0.25) is 5.95 Å². The predicted octanol–water partition coefficient (Wildman–Crippen LogP) is 2.05. The molecular weight excluding hydrogens is 378 g/mol. The fourth-order valence-corrected chi connectivity index (χ4v) is 4.02. The second kappa shape index (κ2) is 7.79. The number of rotatable bonds is 4. The summed E-state index contributed by atoms with van der Waals surface area (Å²) < 4.78 is 1.99. The van der Waals surface area contributed by atoms with Crippen LogP contribution in [0, 0.1) is 0 Å². The third-order valence-corrected chi connectivity index (χ3v) is 5.79. The first-order valence-corrected chi connectivity index (χ1v) is 10.3. The Hall–Kier alpha value is -3.39. The molecule has 2 aliphatic rings. The highest BCUT2D eigenvalue weighted by Crippen LogP contribution is 2.22. The summed E-state index contributed by atoms with van der Waals surface area (Å²) in [6.45, 7) is 4.95. The highest BCUT2D eigenvalue weighted by atomic mass is 16.1. The van der Waals surface area contributed by atoms with Crippen LogP contribution < -0.4 is 15.5 Å². The number of piperazine rings is 1. The quantitative estimate of drug-likeness (QED) is 0.694. The number of carbonyl (C=O) groups is 1. The van der Waals surface area contributed by atoms with Crippen molar-refractivity contribution in [2.75, 3.05) is 50.0 Å². The summed E-state index contributed by atoms with van der Waals surface area (Å²) >= 11 is 0. The van der Waals surface area contributed by atoms with E-state index < -0.39 is 0 Å². The van der Waals surface area contributed by atoms with E-state index in [0.29, 0.717) is 12.5 Å². The maximum atomic E-state index is 12.0. The SMILES string of the molecule is CN1CCN(c2ccc(Nc3ncc(-n4ccc5c4CCNC5=O)cn3)cc2)CC1. The number of nitrogens with one attached hydrogen (secondary N) is 2. The number of hydrogen-bond donors (Lipinski definition) is 2. The summed E-state index contributed by atoms with van der Waals surface area (Å²) in [5.74, 6) is 0.527.